The molecule has 1 aliphatic heterocycles. The number of rotatable bonds is 6. The molecule has 1 saturated heterocycles. The Morgan fingerprint density at radius 3 is 2.50 bits per heavy atom. The summed E-state index contributed by atoms with van der Waals surface area (Å²) in [6.45, 7) is 3.71. The summed E-state index contributed by atoms with van der Waals surface area (Å²) in [5.41, 5.74) is 11.0. The van der Waals surface area contributed by atoms with E-state index in [-0.39, 0.29) is 5.60 Å². The Kier molecular flexibility index (Phi) is 3.50. The molecule has 0 radical (unpaired) electrons. The maximum atomic E-state index is 5.60. The molecular formula is C9H20N2O. The fourth-order valence-corrected chi connectivity index (χ4v) is 1.63. The highest BCUT2D eigenvalue weighted by Gasteiger charge is 2.50. The minimum Gasteiger partial charge on any atom is -0.366 e. The van der Waals surface area contributed by atoms with Crippen LogP contribution in [0, 0.1) is 0 Å². The second kappa shape index (κ2) is 4.21. The quantitative estimate of drug-likeness (QED) is 0.577. The highest BCUT2D eigenvalue weighted by Crippen LogP contribution is 2.42. The number of epoxide rings is 1. The second-order valence-electron chi connectivity index (χ2n) is 3.74. The third kappa shape index (κ3) is 2.44. The number of ether oxygens (including phenoxy) is 1. The van der Waals surface area contributed by atoms with E-state index in [0.717, 1.165) is 38.8 Å². The van der Waals surface area contributed by atoms with Crippen LogP contribution >= 0.6 is 0 Å². The van der Waals surface area contributed by atoms with Crippen molar-refractivity contribution in [2.75, 3.05) is 13.1 Å². The van der Waals surface area contributed by atoms with Gasteiger partial charge in [0.1, 0.15) is 0 Å². The molecule has 2 atom stereocenters. The van der Waals surface area contributed by atoms with E-state index in [1.165, 1.54) is 0 Å². The van der Waals surface area contributed by atoms with E-state index < -0.39 is 0 Å². The number of hydrogen-bond acceptors (Lipinski definition) is 3. The van der Waals surface area contributed by atoms with E-state index in [1.807, 2.05) is 0 Å². The standard InChI is InChI=1S/C9H20N2O/c1-9(5-3-7-11)8(12-9)4-2-6-10/h8H,2-7,10-11H2,1H3. The predicted molar refractivity (Wildman–Crippen MR) is 49.9 cm³/mol. The van der Waals surface area contributed by atoms with Crippen molar-refractivity contribution < 1.29 is 4.74 Å². The Hall–Kier alpha value is -0.120. The molecule has 12 heavy (non-hydrogen) atoms. The molecule has 1 heterocycles. The summed E-state index contributed by atoms with van der Waals surface area (Å²) in [4.78, 5) is 0. The molecular weight excluding hydrogens is 152 g/mol. The van der Waals surface area contributed by atoms with Gasteiger partial charge in [-0.2, -0.15) is 0 Å². The van der Waals surface area contributed by atoms with Crippen LogP contribution in [0.1, 0.15) is 32.6 Å². The van der Waals surface area contributed by atoms with Gasteiger partial charge in [-0.15, -0.1) is 0 Å². The number of nitrogens with two attached hydrogens (primary N) is 2. The summed E-state index contributed by atoms with van der Waals surface area (Å²) in [7, 11) is 0. The number of hydrogen-bond donors (Lipinski definition) is 2. The van der Waals surface area contributed by atoms with E-state index in [9.17, 15) is 0 Å². The van der Waals surface area contributed by atoms with Crippen molar-refractivity contribution in [3.8, 4) is 0 Å². The lowest BCUT2D eigenvalue weighted by Gasteiger charge is -2.03. The van der Waals surface area contributed by atoms with Crippen molar-refractivity contribution in [3.63, 3.8) is 0 Å². The maximum absolute atomic E-state index is 5.60. The van der Waals surface area contributed by atoms with Crippen LogP contribution < -0.4 is 11.5 Å². The third-order valence-electron chi connectivity index (χ3n) is 2.58. The highest BCUT2D eigenvalue weighted by molar-refractivity contribution is 4.98. The van der Waals surface area contributed by atoms with E-state index in [0.29, 0.717) is 6.10 Å². The maximum Gasteiger partial charge on any atom is 0.0920 e. The van der Waals surface area contributed by atoms with Crippen molar-refractivity contribution in [3.05, 3.63) is 0 Å². The Balaban J connectivity index is 2.10. The fourth-order valence-electron chi connectivity index (χ4n) is 1.63. The Morgan fingerprint density at radius 1 is 1.25 bits per heavy atom. The van der Waals surface area contributed by atoms with Crippen molar-refractivity contribution in [2.24, 2.45) is 11.5 Å². The molecule has 0 amide bonds. The SMILES string of the molecule is CC1(CCCN)OC1CCCN. The van der Waals surface area contributed by atoms with Crippen LogP contribution in [0.3, 0.4) is 0 Å². The molecule has 0 aromatic carbocycles. The summed E-state index contributed by atoms with van der Waals surface area (Å²) in [5.74, 6) is 0. The van der Waals surface area contributed by atoms with Gasteiger partial charge in [0, 0.05) is 0 Å². The molecule has 0 spiro atoms. The molecule has 2 unspecified atom stereocenters. The lowest BCUT2D eigenvalue weighted by molar-refractivity contribution is 0.291. The van der Waals surface area contributed by atoms with Crippen LogP contribution in [0.4, 0.5) is 0 Å². The van der Waals surface area contributed by atoms with Crippen molar-refractivity contribution in [1.82, 2.24) is 0 Å². The fraction of sp³-hybridized carbons (Fsp3) is 1.00. The smallest absolute Gasteiger partial charge is 0.0920 e. The molecule has 1 fully saturated rings. The van der Waals surface area contributed by atoms with Gasteiger partial charge in [0.15, 0.2) is 0 Å². The van der Waals surface area contributed by atoms with Crippen LogP contribution in [0.2, 0.25) is 0 Å². The first-order valence-electron chi connectivity index (χ1n) is 4.81. The molecule has 0 aromatic rings. The van der Waals surface area contributed by atoms with Gasteiger partial charge in [-0.05, 0) is 45.7 Å². The highest BCUT2D eigenvalue weighted by atomic mass is 16.6. The Morgan fingerprint density at radius 2 is 1.92 bits per heavy atom. The van der Waals surface area contributed by atoms with Crippen molar-refractivity contribution in [2.45, 2.75) is 44.3 Å². The van der Waals surface area contributed by atoms with E-state index >= 15 is 0 Å². The Bertz CT molecular complexity index is 140. The van der Waals surface area contributed by atoms with Crippen molar-refractivity contribution >= 4 is 0 Å². The largest absolute Gasteiger partial charge is 0.366 e. The van der Waals surface area contributed by atoms with E-state index in [4.69, 9.17) is 16.2 Å². The van der Waals surface area contributed by atoms with Crippen LogP contribution in [0.5, 0.6) is 0 Å². The monoisotopic (exact) mass is 172 g/mol. The molecule has 3 nitrogen and oxygen atoms in total. The minimum atomic E-state index is 0.133. The molecule has 1 rings (SSSR count). The van der Waals surface area contributed by atoms with E-state index in [2.05, 4.69) is 6.92 Å². The first-order valence-corrected chi connectivity index (χ1v) is 4.81. The van der Waals surface area contributed by atoms with Gasteiger partial charge in [0.2, 0.25) is 0 Å². The topological polar surface area (TPSA) is 64.6 Å². The minimum absolute atomic E-state index is 0.133. The zero-order valence-electron chi connectivity index (χ0n) is 7.88. The van der Waals surface area contributed by atoms with Crippen LogP contribution in [0.15, 0.2) is 0 Å². The van der Waals surface area contributed by atoms with Crippen LogP contribution in [0.25, 0.3) is 0 Å². The lowest BCUT2D eigenvalue weighted by Crippen LogP contribution is -2.13. The molecule has 0 bridgehead atoms. The predicted octanol–water partition coefficient (Wildman–Crippen LogP) is 0.622. The second-order valence-corrected chi connectivity index (χ2v) is 3.74. The lowest BCUT2D eigenvalue weighted by atomic mass is 9.99. The average Bonchev–Trinajstić information content (AvgIpc) is 2.71. The van der Waals surface area contributed by atoms with Crippen LogP contribution in [-0.4, -0.2) is 24.8 Å². The summed E-state index contributed by atoms with van der Waals surface area (Å²) < 4.78 is 5.60. The van der Waals surface area contributed by atoms with Gasteiger partial charge in [0.05, 0.1) is 11.7 Å². The first kappa shape index (κ1) is 9.96. The average molecular weight is 172 g/mol. The summed E-state index contributed by atoms with van der Waals surface area (Å²) in [6, 6.07) is 0. The van der Waals surface area contributed by atoms with Gasteiger partial charge in [-0.1, -0.05) is 0 Å². The summed E-state index contributed by atoms with van der Waals surface area (Å²) in [6.07, 6.45) is 4.79. The molecule has 1 aliphatic rings. The molecule has 0 saturated carbocycles. The zero-order valence-corrected chi connectivity index (χ0v) is 7.88. The molecule has 72 valence electrons. The molecule has 4 N–H and O–H groups in total. The molecule has 0 aliphatic carbocycles. The molecule has 3 heteroatoms. The van der Waals surface area contributed by atoms with Gasteiger partial charge in [-0.25, -0.2) is 0 Å². The zero-order chi connectivity index (χ0) is 9.03. The first-order chi connectivity index (χ1) is 5.73. The summed E-state index contributed by atoms with van der Waals surface area (Å²) >= 11 is 0. The van der Waals surface area contributed by atoms with Gasteiger partial charge < -0.3 is 16.2 Å². The summed E-state index contributed by atoms with van der Waals surface area (Å²) in [5, 5.41) is 0. The van der Waals surface area contributed by atoms with Crippen molar-refractivity contribution in [1.29, 1.82) is 0 Å². The third-order valence-corrected chi connectivity index (χ3v) is 2.58. The van der Waals surface area contributed by atoms with Gasteiger partial charge in [0.25, 0.3) is 0 Å². The van der Waals surface area contributed by atoms with E-state index in [1.54, 1.807) is 0 Å². The van der Waals surface area contributed by atoms with Gasteiger partial charge in [-0.3, -0.25) is 0 Å². The van der Waals surface area contributed by atoms with Crippen LogP contribution in [-0.2, 0) is 4.74 Å². The normalized spacial score (nSPS) is 33.8. The Labute approximate surface area is 74.4 Å². The molecule has 0 aromatic heterocycles. The van der Waals surface area contributed by atoms with Gasteiger partial charge >= 0.3 is 0 Å².